The third-order valence-electron chi connectivity index (χ3n) is 2.62. The van der Waals surface area contributed by atoms with Crippen LogP contribution in [0.25, 0.3) is 0 Å². The van der Waals surface area contributed by atoms with Crippen LogP contribution in [0, 0.1) is 5.92 Å². The molecule has 3 nitrogen and oxygen atoms in total. The van der Waals surface area contributed by atoms with E-state index in [2.05, 4.69) is 6.92 Å². The zero-order valence-electron chi connectivity index (χ0n) is 8.58. The normalized spacial score (nSPS) is 22.9. The second kappa shape index (κ2) is 5.10. The Hall–Kier alpha value is -0.730. The van der Waals surface area contributed by atoms with Gasteiger partial charge in [0.2, 0.25) is 0 Å². The molecule has 0 N–H and O–H groups in total. The summed E-state index contributed by atoms with van der Waals surface area (Å²) in [7, 11) is 0. The highest BCUT2D eigenvalue weighted by Gasteiger charge is 2.22. The van der Waals surface area contributed by atoms with Crippen LogP contribution in [0.2, 0.25) is 0 Å². The van der Waals surface area contributed by atoms with Crippen molar-refractivity contribution in [3.05, 3.63) is 0 Å². The number of nitrogens with zero attached hydrogens (tertiary/aromatic N) is 1. The largest absolute Gasteiger partial charge is 0.450 e. The number of hydrogen-bond acceptors (Lipinski definition) is 2. The second-order valence-corrected chi connectivity index (χ2v) is 3.56. The zero-order chi connectivity index (χ0) is 9.68. The molecule has 0 saturated carbocycles. The molecular weight excluding hydrogens is 166 g/mol. The van der Waals surface area contributed by atoms with E-state index in [1.807, 2.05) is 11.8 Å². The minimum atomic E-state index is -0.138. The van der Waals surface area contributed by atoms with E-state index < -0.39 is 0 Å². The molecule has 0 spiro atoms. The van der Waals surface area contributed by atoms with E-state index in [4.69, 9.17) is 4.74 Å². The van der Waals surface area contributed by atoms with Crippen molar-refractivity contribution in [2.45, 2.75) is 33.1 Å². The molecule has 13 heavy (non-hydrogen) atoms. The van der Waals surface area contributed by atoms with Gasteiger partial charge in [-0.15, -0.1) is 0 Å². The SMILES string of the molecule is CCOC(=O)N1CCCC(CC)C1. The number of piperidine rings is 1. The summed E-state index contributed by atoms with van der Waals surface area (Å²) in [6, 6.07) is 0. The topological polar surface area (TPSA) is 29.5 Å². The number of ether oxygens (including phenoxy) is 1. The van der Waals surface area contributed by atoms with Gasteiger partial charge in [0.15, 0.2) is 0 Å². The summed E-state index contributed by atoms with van der Waals surface area (Å²) >= 11 is 0. The molecular formula is C10H19NO2. The van der Waals surface area contributed by atoms with Gasteiger partial charge in [0.25, 0.3) is 0 Å². The number of likely N-dealkylation sites (tertiary alicyclic amines) is 1. The van der Waals surface area contributed by atoms with Gasteiger partial charge >= 0.3 is 6.09 Å². The first-order valence-electron chi connectivity index (χ1n) is 5.19. The molecule has 3 heteroatoms. The molecule has 76 valence electrons. The van der Waals surface area contributed by atoms with Crippen LogP contribution in [0.1, 0.15) is 33.1 Å². The molecule has 0 aliphatic carbocycles. The van der Waals surface area contributed by atoms with E-state index in [9.17, 15) is 4.79 Å². The smallest absolute Gasteiger partial charge is 0.409 e. The lowest BCUT2D eigenvalue weighted by Crippen LogP contribution is -2.40. The van der Waals surface area contributed by atoms with Gasteiger partial charge in [-0.05, 0) is 25.7 Å². The Morgan fingerprint density at radius 2 is 2.31 bits per heavy atom. The van der Waals surface area contributed by atoms with Crippen LogP contribution in [-0.4, -0.2) is 30.7 Å². The molecule has 1 atom stereocenters. The number of hydrogen-bond donors (Lipinski definition) is 0. The van der Waals surface area contributed by atoms with Crippen LogP contribution in [0.3, 0.4) is 0 Å². The second-order valence-electron chi connectivity index (χ2n) is 3.56. The first kappa shape index (κ1) is 10.4. The predicted octanol–water partition coefficient (Wildman–Crippen LogP) is 2.26. The number of rotatable bonds is 2. The fraction of sp³-hybridized carbons (Fsp3) is 0.900. The average molecular weight is 185 g/mol. The molecule has 1 unspecified atom stereocenters. The van der Waals surface area contributed by atoms with E-state index in [0.29, 0.717) is 12.5 Å². The molecule has 1 aliphatic heterocycles. The van der Waals surface area contributed by atoms with Crippen LogP contribution >= 0.6 is 0 Å². The maximum atomic E-state index is 11.4. The Morgan fingerprint density at radius 3 is 2.92 bits per heavy atom. The molecule has 1 saturated heterocycles. The van der Waals surface area contributed by atoms with Gasteiger partial charge in [0.05, 0.1) is 6.61 Å². The Morgan fingerprint density at radius 1 is 1.54 bits per heavy atom. The van der Waals surface area contributed by atoms with Crippen LogP contribution in [0.5, 0.6) is 0 Å². The molecule has 0 bridgehead atoms. The average Bonchev–Trinajstić information content (AvgIpc) is 2.18. The minimum absolute atomic E-state index is 0.138. The Bertz CT molecular complexity index is 170. The summed E-state index contributed by atoms with van der Waals surface area (Å²) in [5, 5.41) is 0. The highest BCUT2D eigenvalue weighted by molar-refractivity contribution is 5.67. The molecule has 1 aliphatic rings. The highest BCUT2D eigenvalue weighted by atomic mass is 16.6. The summed E-state index contributed by atoms with van der Waals surface area (Å²) < 4.78 is 4.96. The quantitative estimate of drug-likeness (QED) is 0.660. The van der Waals surface area contributed by atoms with Crippen LogP contribution in [-0.2, 0) is 4.74 Å². The van der Waals surface area contributed by atoms with Crippen molar-refractivity contribution in [3.8, 4) is 0 Å². The van der Waals surface area contributed by atoms with Gasteiger partial charge < -0.3 is 9.64 Å². The van der Waals surface area contributed by atoms with E-state index in [1.165, 1.54) is 6.42 Å². The molecule has 0 aromatic rings. The molecule has 1 amide bonds. The molecule has 0 radical (unpaired) electrons. The molecule has 1 heterocycles. The van der Waals surface area contributed by atoms with Crippen molar-refractivity contribution in [2.75, 3.05) is 19.7 Å². The van der Waals surface area contributed by atoms with Crippen molar-refractivity contribution in [1.29, 1.82) is 0 Å². The molecule has 0 aromatic heterocycles. The van der Waals surface area contributed by atoms with Gasteiger partial charge in [-0.3, -0.25) is 0 Å². The number of amides is 1. The monoisotopic (exact) mass is 185 g/mol. The lowest BCUT2D eigenvalue weighted by atomic mass is 9.96. The maximum Gasteiger partial charge on any atom is 0.409 e. The van der Waals surface area contributed by atoms with Gasteiger partial charge in [0, 0.05) is 13.1 Å². The van der Waals surface area contributed by atoms with E-state index in [1.54, 1.807) is 0 Å². The Balaban J connectivity index is 2.37. The van der Waals surface area contributed by atoms with Crippen molar-refractivity contribution < 1.29 is 9.53 Å². The summed E-state index contributed by atoms with van der Waals surface area (Å²) in [6.45, 7) is 6.26. The van der Waals surface area contributed by atoms with Gasteiger partial charge in [0.1, 0.15) is 0 Å². The first-order valence-corrected chi connectivity index (χ1v) is 5.19. The van der Waals surface area contributed by atoms with Crippen molar-refractivity contribution in [1.82, 2.24) is 4.90 Å². The van der Waals surface area contributed by atoms with E-state index in [0.717, 1.165) is 25.9 Å². The Labute approximate surface area is 80.1 Å². The predicted molar refractivity (Wildman–Crippen MR) is 51.6 cm³/mol. The molecule has 1 fully saturated rings. The van der Waals surface area contributed by atoms with Gasteiger partial charge in [-0.25, -0.2) is 4.79 Å². The van der Waals surface area contributed by atoms with Crippen molar-refractivity contribution in [3.63, 3.8) is 0 Å². The standard InChI is InChI=1S/C10H19NO2/c1-3-9-6-5-7-11(8-9)10(12)13-4-2/h9H,3-8H2,1-2H3. The summed E-state index contributed by atoms with van der Waals surface area (Å²) in [5.74, 6) is 0.679. The summed E-state index contributed by atoms with van der Waals surface area (Å²) in [6.07, 6.45) is 3.40. The lowest BCUT2D eigenvalue weighted by Gasteiger charge is -2.31. The fourth-order valence-corrected chi connectivity index (χ4v) is 1.78. The van der Waals surface area contributed by atoms with Crippen molar-refractivity contribution >= 4 is 6.09 Å². The number of carbonyl (C=O) groups excluding carboxylic acids is 1. The summed E-state index contributed by atoms with van der Waals surface area (Å²) in [4.78, 5) is 13.2. The maximum absolute atomic E-state index is 11.4. The fourth-order valence-electron chi connectivity index (χ4n) is 1.78. The van der Waals surface area contributed by atoms with E-state index in [-0.39, 0.29) is 6.09 Å². The first-order chi connectivity index (χ1) is 6.27. The molecule has 0 aromatic carbocycles. The minimum Gasteiger partial charge on any atom is -0.450 e. The lowest BCUT2D eigenvalue weighted by molar-refractivity contribution is 0.0878. The van der Waals surface area contributed by atoms with Gasteiger partial charge in [-0.2, -0.15) is 0 Å². The summed E-state index contributed by atoms with van der Waals surface area (Å²) in [5.41, 5.74) is 0. The molecule has 1 rings (SSSR count). The van der Waals surface area contributed by atoms with E-state index >= 15 is 0 Å². The highest BCUT2D eigenvalue weighted by Crippen LogP contribution is 2.19. The van der Waals surface area contributed by atoms with Crippen LogP contribution in [0.15, 0.2) is 0 Å². The van der Waals surface area contributed by atoms with Crippen molar-refractivity contribution in [2.24, 2.45) is 5.92 Å². The number of carbonyl (C=O) groups is 1. The third kappa shape index (κ3) is 2.90. The Kier molecular flexibility index (Phi) is 4.06. The third-order valence-corrected chi connectivity index (χ3v) is 2.62. The zero-order valence-corrected chi connectivity index (χ0v) is 8.58. The van der Waals surface area contributed by atoms with Crippen LogP contribution in [0.4, 0.5) is 4.79 Å². The van der Waals surface area contributed by atoms with Crippen LogP contribution < -0.4 is 0 Å². The van der Waals surface area contributed by atoms with Gasteiger partial charge in [-0.1, -0.05) is 13.3 Å².